The van der Waals surface area contributed by atoms with E-state index < -0.39 is 0 Å². The number of rotatable bonds is 1. The molecule has 5 aromatic rings. The van der Waals surface area contributed by atoms with E-state index in [1.807, 2.05) is 5.38 Å². The Bertz CT molecular complexity index is 1180. The van der Waals surface area contributed by atoms with Gasteiger partial charge in [0.2, 0.25) is 0 Å². The zero-order valence-corrected chi connectivity index (χ0v) is 13.1. The molecule has 0 aliphatic heterocycles. The van der Waals surface area contributed by atoms with Gasteiger partial charge in [-0.05, 0) is 32.3 Å². The first-order chi connectivity index (χ1) is 10.8. The Hall–Kier alpha value is -2.23. The average Bonchev–Trinajstić information content (AvgIpc) is 2.99. The zero-order valence-electron chi connectivity index (χ0n) is 11.5. The van der Waals surface area contributed by atoms with Crippen LogP contribution >= 0.6 is 22.7 Å². The standard InChI is InChI=1S/C19H10OS2/c20-19-21-10-16(22-19)14-8-6-13-5-4-11-2-1-3-12-7-9-15(14)18(13)17(11)12/h1-10H. The molecule has 0 N–H and O–H groups in total. The van der Waals surface area contributed by atoms with E-state index in [2.05, 4.69) is 54.6 Å². The second-order valence-corrected chi connectivity index (χ2v) is 7.54. The molecule has 1 aromatic heterocycles. The van der Waals surface area contributed by atoms with Crippen LogP contribution in [0, 0.1) is 0 Å². The molecule has 5 rings (SSSR count). The van der Waals surface area contributed by atoms with Crippen molar-refractivity contribution in [1.29, 1.82) is 0 Å². The minimum absolute atomic E-state index is 0.153. The van der Waals surface area contributed by atoms with Gasteiger partial charge >= 0.3 is 0 Å². The molecule has 0 unspecified atom stereocenters. The lowest BCUT2D eigenvalue weighted by atomic mass is 9.92. The maximum atomic E-state index is 11.6. The van der Waals surface area contributed by atoms with Gasteiger partial charge in [0.15, 0.2) is 0 Å². The molecule has 0 saturated carbocycles. The van der Waals surface area contributed by atoms with E-state index >= 15 is 0 Å². The topological polar surface area (TPSA) is 17.1 Å². The third kappa shape index (κ3) is 1.61. The largest absolute Gasteiger partial charge is 0.287 e. The maximum absolute atomic E-state index is 11.6. The van der Waals surface area contributed by atoms with Gasteiger partial charge in [0, 0.05) is 15.8 Å². The Morgan fingerprint density at radius 1 is 0.727 bits per heavy atom. The number of hydrogen-bond donors (Lipinski definition) is 0. The molecule has 1 heterocycles. The molecule has 0 fully saturated rings. The van der Waals surface area contributed by atoms with Crippen LogP contribution in [0.2, 0.25) is 0 Å². The van der Waals surface area contributed by atoms with Crippen molar-refractivity contribution >= 4 is 55.0 Å². The van der Waals surface area contributed by atoms with Gasteiger partial charge in [-0.15, -0.1) is 0 Å². The highest BCUT2D eigenvalue weighted by atomic mass is 32.2. The lowest BCUT2D eigenvalue weighted by molar-refractivity contribution is 1.77. The van der Waals surface area contributed by atoms with Crippen molar-refractivity contribution in [3.05, 3.63) is 68.8 Å². The van der Waals surface area contributed by atoms with Crippen LogP contribution in [0.15, 0.2) is 64.8 Å². The third-order valence-electron chi connectivity index (χ3n) is 4.25. The molecule has 104 valence electrons. The summed E-state index contributed by atoms with van der Waals surface area (Å²) in [5, 5.41) is 9.62. The minimum Gasteiger partial charge on any atom is -0.265 e. The van der Waals surface area contributed by atoms with Gasteiger partial charge in [-0.2, -0.15) is 0 Å². The average molecular weight is 318 g/mol. The normalized spacial score (nSPS) is 11.8. The van der Waals surface area contributed by atoms with Gasteiger partial charge in [0.25, 0.3) is 4.06 Å². The molecule has 0 aliphatic rings. The van der Waals surface area contributed by atoms with E-state index in [1.165, 1.54) is 55.0 Å². The molecule has 0 saturated heterocycles. The van der Waals surface area contributed by atoms with Gasteiger partial charge in [-0.1, -0.05) is 77.3 Å². The zero-order chi connectivity index (χ0) is 14.7. The first kappa shape index (κ1) is 12.3. The molecule has 22 heavy (non-hydrogen) atoms. The highest BCUT2D eigenvalue weighted by Gasteiger charge is 2.12. The van der Waals surface area contributed by atoms with Crippen molar-refractivity contribution < 1.29 is 0 Å². The molecule has 0 aliphatic carbocycles. The summed E-state index contributed by atoms with van der Waals surface area (Å²) >= 11 is 2.62. The summed E-state index contributed by atoms with van der Waals surface area (Å²) < 4.78 is 0.153. The summed E-state index contributed by atoms with van der Waals surface area (Å²) in [5.74, 6) is 0. The molecular formula is C19H10OS2. The molecule has 1 nitrogen and oxygen atoms in total. The van der Waals surface area contributed by atoms with E-state index in [0.717, 1.165) is 10.4 Å². The van der Waals surface area contributed by atoms with E-state index in [1.54, 1.807) is 0 Å². The Morgan fingerprint density at radius 3 is 2.14 bits per heavy atom. The quantitative estimate of drug-likeness (QED) is 0.360. The summed E-state index contributed by atoms with van der Waals surface area (Å²) in [5.41, 5.74) is 1.16. The second-order valence-electron chi connectivity index (χ2n) is 5.42. The SMILES string of the molecule is O=c1scc(-c2ccc3ccc4cccc5ccc2c3c45)s1. The molecular weight excluding hydrogens is 308 g/mol. The Kier molecular flexibility index (Phi) is 2.46. The fraction of sp³-hybridized carbons (Fsp3) is 0. The van der Waals surface area contributed by atoms with Crippen LogP contribution in [0.4, 0.5) is 0 Å². The number of benzene rings is 4. The van der Waals surface area contributed by atoms with Gasteiger partial charge in [-0.3, -0.25) is 4.79 Å². The Labute approximate surface area is 134 Å². The fourth-order valence-corrected chi connectivity index (χ4v) is 5.05. The predicted molar refractivity (Wildman–Crippen MR) is 97.6 cm³/mol. The summed E-state index contributed by atoms with van der Waals surface area (Å²) in [4.78, 5) is 12.6. The van der Waals surface area contributed by atoms with Crippen molar-refractivity contribution in [2.24, 2.45) is 0 Å². The summed E-state index contributed by atoms with van der Waals surface area (Å²) in [7, 11) is 0. The highest BCUT2D eigenvalue weighted by Crippen LogP contribution is 2.39. The van der Waals surface area contributed by atoms with Crippen LogP contribution in [-0.4, -0.2) is 0 Å². The van der Waals surface area contributed by atoms with Crippen molar-refractivity contribution in [1.82, 2.24) is 0 Å². The van der Waals surface area contributed by atoms with Crippen LogP contribution < -0.4 is 4.06 Å². The van der Waals surface area contributed by atoms with Gasteiger partial charge in [-0.25, -0.2) is 0 Å². The van der Waals surface area contributed by atoms with Crippen LogP contribution in [-0.2, 0) is 0 Å². The number of hydrogen-bond acceptors (Lipinski definition) is 3. The van der Waals surface area contributed by atoms with E-state index in [9.17, 15) is 4.79 Å². The first-order valence-corrected chi connectivity index (χ1v) is 8.76. The molecule has 0 atom stereocenters. The molecule has 0 radical (unpaired) electrons. The summed E-state index contributed by atoms with van der Waals surface area (Å²) in [6, 6.07) is 19.5. The Balaban J connectivity index is 2.04. The monoisotopic (exact) mass is 318 g/mol. The van der Waals surface area contributed by atoms with Gasteiger partial charge in [0.05, 0.1) is 0 Å². The molecule has 4 aromatic carbocycles. The van der Waals surface area contributed by atoms with Crippen molar-refractivity contribution in [2.75, 3.05) is 0 Å². The molecule has 3 heteroatoms. The van der Waals surface area contributed by atoms with Crippen LogP contribution in [0.3, 0.4) is 0 Å². The third-order valence-corrected chi connectivity index (χ3v) is 6.21. The van der Waals surface area contributed by atoms with Gasteiger partial charge in [0.1, 0.15) is 0 Å². The van der Waals surface area contributed by atoms with E-state index in [0.29, 0.717) is 0 Å². The van der Waals surface area contributed by atoms with Gasteiger partial charge < -0.3 is 0 Å². The molecule has 0 amide bonds. The molecule has 0 bridgehead atoms. The lowest BCUT2D eigenvalue weighted by Gasteiger charge is -2.12. The van der Waals surface area contributed by atoms with E-state index in [4.69, 9.17) is 0 Å². The van der Waals surface area contributed by atoms with Crippen LogP contribution in [0.25, 0.3) is 42.8 Å². The minimum atomic E-state index is 0.153. The molecule has 0 spiro atoms. The fourth-order valence-electron chi connectivity index (χ4n) is 3.31. The van der Waals surface area contributed by atoms with Crippen molar-refractivity contribution in [3.63, 3.8) is 0 Å². The van der Waals surface area contributed by atoms with Crippen LogP contribution in [0.1, 0.15) is 0 Å². The van der Waals surface area contributed by atoms with Crippen LogP contribution in [0.5, 0.6) is 0 Å². The Morgan fingerprint density at radius 2 is 1.41 bits per heavy atom. The summed E-state index contributed by atoms with van der Waals surface area (Å²) in [6.45, 7) is 0. The second kappa shape index (κ2) is 4.38. The predicted octanol–water partition coefficient (Wildman–Crippen LogP) is 5.73. The van der Waals surface area contributed by atoms with Crippen molar-refractivity contribution in [3.8, 4) is 10.4 Å². The first-order valence-electron chi connectivity index (χ1n) is 7.07. The summed E-state index contributed by atoms with van der Waals surface area (Å²) in [6.07, 6.45) is 0. The highest BCUT2D eigenvalue weighted by molar-refractivity contribution is 7.28. The van der Waals surface area contributed by atoms with Crippen molar-refractivity contribution in [2.45, 2.75) is 0 Å². The lowest BCUT2D eigenvalue weighted by Crippen LogP contribution is -1.86. The van der Waals surface area contributed by atoms with E-state index in [-0.39, 0.29) is 4.06 Å². The maximum Gasteiger partial charge on any atom is 0.287 e. The smallest absolute Gasteiger partial charge is 0.265 e.